The molecule has 2 rings (SSSR count). The van der Waals surface area contributed by atoms with E-state index in [2.05, 4.69) is 86.2 Å². The predicted molar refractivity (Wildman–Crippen MR) is 82.3 cm³/mol. The van der Waals surface area contributed by atoms with E-state index in [0.29, 0.717) is 12.0 Å². The third-order valence-corrected chi connectivity index (χ3v) is 3.48. The highest BCUT2D eigenvalue weighted by molar-refractivity contribution is 5.31. The molecule has 0 spiro atoms. The molecular weight excluding hydrogens is 230 g/mol. The fourth-order valence-corrected chi connectivity index (χ4v) is 2.60. The van der Waals surface area contributed by atoms with Crippen molar-refractivity contribution in [2.24, 2.45) is 0 Å². The van der Waals surface area contributed by atoms with Crippen molar-refractivity contribution in [1.29, 1.82) is 0 Å². The van der Waals surface area contributed by atoms with Crippen molar-refractivity contribution >= 4 is 0 Å². The average Bonchev–Trinajstić information content (AvgIpc) is 2.46. The topological polar surface area (TPSA) is 3.24 Å². The molecule has 2 unspecified atom stereocenters. The van der Waals surface area contributed by atoms with Crippen molar-refractivity contribution in [3.05, 3.63) is 84.4 Å². The molecule has 0 fully saturated rings. The summed E-state index contributed by atoms with van der Waals surface area (Å²) in [5.41, 5.74) is 2.63. The second-order valence-electron chi connectivity index (χ2n) is 4.99. The molecule has 1 heteroatoms. The maximum Gasteiger partial charge on any atom is 0.0445 e. The minimum Gasteiger partial charge on any atom is -0.301 e. The van der Waals surface area contributed by atoms with Crippen LogP contribution in [0.4, 0.5) is 0 Å². The second kappa shape index (κ2) is 6.35. The van der Waals surface area contributed by atoms with E-state index in [1.807, 2.05) is 6.08 Å². The quantitative estimate of drug-likeness (QED) is 0.718. The van der Waals surface area contributed by atoms with Crippen LogP contribution in [0.15, 0.2) is 73.3 Å². The Morgan fingerprint density at radius 2 is 1.32 bits per heavy atom. The molecule has 1 nitrogen and oxygen atoms in total. The van der Waals surface area contributed by atoms with Gasteiger partial charge in [0.15, 0.2) is 0 Å². The van der Waals surface area contributed by atoms with Gasteiger partial charge in [-0.05, 0) is 25.2 Å². The monoisotopic (exact) mass is 251 g/mol. The summed E-state index contributed by atoms with van der Waals surface area (Å²) < 4.78 is 0. The number of nitrogens with zero attached hydrogens (tertiary/aromatic N) is 1. The number of benzene rings is 2. The number of hydrogen-bond acceptors (Lipinski definition) is 1. The molecule has 0 amide bonds. The van der Waals surface area contributed by atoms with E-state index in [1.54, 1.807) is 0 Å². The minimum atomic E-state index is 0.290. The molecule has 0 aromatic heterocycles. The van der Waals surface area contributed by atoms with Crippen molar-refractivity contribution < 1.29 is 0 Å². The van der Waals surface area contributed by atoms with Crippen molar-refractivity contribution in [3.8, 4) is 0 Å². The molecule has 2 aromatic carbocycles. The highest BCUT2D eigenvalue weighted by Crippen LogP contribution is 2.35. The zero-order chi connectivity index (χ0) is 13.7. The van der Waals surface area contributed by atoms with Gasteiger partial charge in [-0.2, -0.15) is 0 Å². The molecule has 0 radical (unpaired) electrons. The SMILES string of the molecule is C=CC(c1ccccc1)C(c1ccccc1)N(C)C. The van der Waals surface area contributed by atoms with E-state index in [9.17, 15) is 0 Å². The van der Waals surface area contributed by atoms with Gasteiger partial charge in [0, 0.05) is 12.0 Å². The van der Waals surface area contributed by atoms with Gasteiger partial charge in [0.2, 0.25) is 0 Å². The Balaban J connectivity index is 2.40. The molecule has 19 heavy (non-hydrogen) atoms. The molecule has 0 N–H and O–H groups in total. The molecule has 0 aliphatic heterocycles. The van der Waals surface area contributed by atoms with E-state index in [4.69, 9.17) is 0 Å². The van der Waals surface area contributed by atoms with E-state index in [1.165, 1.54) is 11.1 Å². The molecule has 0 saturated carbocycles. The zero-order valence-corrected chi connectivity index (χ0v) is 11.7. The van der Waals surface area contributed by atoms with Crippen LogP contribution in [0.5, 0.6) is 0 Å². The summed E-state index contributed by atoms with van der Waals surface area (Å²) in [6.45, 7) is 4.04. The van der Waals surface area contributed by atoms with E-state index in [-0.39, 0.29) is 0 Å². The first-order valence-corrected chi connectivity index (χ1v) is 6.63. The Labute approximate surface area is 116 Å². The fourth-order valence-electron chi connectivity index (χ4n) is 2.60. The number of hydrogen-bond donors (Lipinski definition) is 0. The highest BCUT2D eigenvalue weighted by Gasteiger charge is 2.23. The van der Waals surface area contributed by atoms with Crippen molar-refractivity contribution in [1.82, 2.24) is 4.90 Å². The largest absolute Gasteiger partial charge is 0.301 e. The van der Waals surface area contributed by atoms with Crippen LogP contribution < -0.4 is 0 Å². The van der Waals surface area contributed by atoms with Crippen LogP contribution >= 0.6 is 0 Å². The van der Waals surface area contributed by atoms with E-state index >= 15 is 0 Å². The molecule has 0 heterocycles. The van der Waals surface area contributed by atoms with E-state index < -0.39 is 0 Å². The molecular formula is C18H21N. The summed E-state index contributed by atoms with van der Waals surface area (Å²) in [5.74, 6) is 0.290. The molecule has 0 bridgehead atoms. The van der Waals surface area contributed by atoms with Gasteiger partial charge in [-0.3, -0.25) is 0 Å². The van der Waals surface area contributed by atoms with Crippen LogP contribution in [0.1, 0.15) is 23.1 Å². The summed E-state index contributed by atoms with van der Waals surface area (Å²) >= 11 is 0. The molecule has 2 aromatic rings. The highest BCUT2D eigenvalue weighted by atomic mass is 15.1. The van der Waals surface area contributed by atoms with Gasteiger partial charge < -0.3 is 4.90 Å². The third kappa shape index (κ3) is 3.12. The summed E-state index contributed by atoms with van der Waals surface area (Å²) in [7, 11) is 4.24. The van der Waals surface area contributed by atoms with Gasteiger partial charge >= 0.3 is 0 Å². The Morgan fingerprint density at radius 1 is 0.842 bits per heavy atom. The van der Waals surface area contributed by atoms with Crippen LogP contribution in [0.3, 0.4) is 0 Å². The maximum absolute atomic E-state index is 4.04. The Bertz CT molecular complexity index is 502. The van der Waals surface area contributed by atoms with Gasteiger partial charge in [0.05, 0.1) is 0 Å². The number of likely N-dealkylation sites (N-methyl/N-ethyl adjacent to an activating group) is 1. The summed E-state index contributed by atoms with van der Waals surface area (Å²) in [6.07, 6.45) is 2.05. The predicted octanol–water partition coefficient (Wildman–Crippen LogP) is 4.26. The maximum atomic E-state index is 4.04. The van der Waals surface area contributed by atoms with Crippen LogP contribution in [0.25, 0.3) is 0 Å². The Morgan fingerprint density at radius 3 is 1.74 bits per heavy atom. The van der Waals surface area contributed by atoms with Gasteiger partial charge in [0.25, 0.3) is 0 Å². The molecule has 0 aliphatic rings. The first-order chi connectivity index (χ1) is 9.24. The average molecular weight is 251 g/mol. The standard InChI is InChI=1S/C18H21N/c1-4-17(15-11-7-5-8-12-15)18(19(2)3)16-13-9-6-10-14-16/h4-14,17-18H,1H2,2-3H3. The van der Waals surface area contributed by atoms with Crippen LogP contribution in [0, 0.1) is 0 Å². The summed E-state index contributed by atoms with van der Waals surface area (Å²) in [4.78, 5) is 2.26. The van der Waals surface area contributed by atoms with Gasteiger partial charge in [-0.15, -0.1) is 6.58 Å². The Hall–Kier alpha value is -1.86. The first kappa shape index (κ1) is 13.6. The molecule has 0 aliphatic carbocycles. The normalized spacial score (nSPS) is 14.1. The molecule has 98 valence electrons. The lowest BCUT2D eigenvalue weighted by Gasteiger charge is -2.31. The lowest BCUT2D eigenvalue weighted by molar-refractivity contribution is 0.278. The van der Waals surface area contributed by atoms with Crippen molar-refractivity contribution in [3.63, 3.8) is 0 Å². The first-order valence-electron chi connectivity index (χ1n) is 6.63. The van der Waals surface area contributed by atoms with Crippen LogP contribution in [-0.4, -0.2) is 19.0 Å². The van der Waals surface area contributed by atoms with Gasteiger partial charge in [-0.25, -0.2) is 0 Å². The number of rotatable bonds is 5. The van der Waals surface area contributed by atoms with Crippen molar-refractivity contribution in [2.45, 2.75) is 12.0 Å². The third-order valence-electron chi connectivity index (χ3n) is 3.48. The second-order valence-corrected chi connectivity index (χ2v) is 4.99. The zero-order valence-electron chi connectivity index (χ0n) is 11.7. The summed E-state index contributed by atoms with van der Waals surface area (Å²) in [5, 5.41) is 0. The summed E-state index contributed by atoms with van der Waals surface area (Å²) in [6, 6.07) is 21.5. The smallest absolute Gasteiger partial charge is 0.0445 e. The van der Waals surface area contributed by atoms with Gasteiger partial charge in [-0.1, -0.05) is 66.7 Å². The Kier molecular flexibility index (Phi) is 4.53. The fraction of sp³-hybridized carbons (Fsp3) is 0.222. The van der Waals surface area contributed by atoms with Crippen molar-refractivity contribution in [2.75, 3.05) is 14.1 Å². The molecule has 2 atom stereocenters. The molecule has 0 saturated heterocycles. The minimum absolute atomic E-state index is 0.290. The van der Waals surface area contributed by atoms with Crippen LogP contribution in [-0.2, 0) is 0 Å². The van der Waals surface area contributed by atoms with E-state index in [0.717, 1.165) is 0 Å². The van der Waals surface area contributed by atoms with Crippen LogP contribution in [0.2, 0.25) is 0 Å². The lowest BCUT2D eigenvalue weighted by Crippen LogP contribution is -2.25. The van der Waals surface area contributed by atoms with Gasteiger partial charge in [0.1, 0.15) is 0 Å². The lowest BCUT2D eigenvalue weighted by atomic mass is 9.86.